The Hall–Kier alpha value is -3.24. The molecule has 1 N–H and O–H groups in total. The first-order chi connectivity index (χ1) is 16.6. The van der Waals surface area contributed by atoms with Crippen molar-refractivity contribution in [3.05, 3.63) is 70.7 Å². The highest BCUT2D eigenvalue weighted by molar-refractivity contribution is 8.00. The molecule has 0 bridgehead atoms. The number of likely N-dealkylation sites (tertiary alicyclic amines) is 1. The Morgan fingerprint density at radius 1 is 1.15 bits per heavy atom. The van der Waals surface area contributed by atoms with Crippen LogP contribution in [-0.4, -0.2) is 51.0 Å². The number of amides is 2. The zero-order valence-corrected chi connectivity index (χ0v) is 20.2. The van der Waals surface area contributed by atoms with Crippen LogP contribution < -0.4 is 5.32 Å². The largest absolute Gasteiger partial charge is 0.451 e. The quantitative estimate of drug-likeness (QED) is 0.399. The van der Waals surface area contributed by atoms with E-state index in [2.05, 4.69) is 20.5 Å². The summed E-state index contributed by atoms with van der Waals surface area (Å²) < 4.78 is 6.85. The van der Waals surface area contributed by atoms with Crippen molar-refractivity contribution in [1.29, 1.82) is 0 Å². The number of rotatable bonds is 6. The molecule has 8 nitrogen and oxygen atoms in total. The van der Waals surface area contributed by atoms with Gasteiger partial charge >= 0.3 is 0 Å². The standard InChI is InChI=1S/C24H23N5O3S2/c1-15-27-28-24(34-15)33-14-19-18-4-2-3-5-20(18)32-21(19)22(30)26-17-8-12-29(13-9-17)23(31)16-6-10-25-11-7-16/h2-7,10-11,17H,8-9,12-14H2,1H3,(H,26,30). The van der Waals surface area contributed by atoms with Crippen LogP contribution in [0, 0.1) is 6.92 Å². The minimum atomic E-state index is -0.223. The zero-order chi connectivity index (χ0) is 23.5. The lowest BCUT2D eigenvalue weighted by molar-refractivity contribution is 0.0695. The summed E-state index contributed by atoms with van der Waals surface area (Å²) in [6.07, 6.45) is 4.62. The number of thioether (sulfide) groups is 1. The summed E-state index contributed by atoms with van der Waals surface area (Å²) in [5.74, 6) is 0.674. The van der Waals surface area contributed by atoms with Crippen LogP contribution in [0.3, 0.4) is 0 Å². The Morgan fingerprint density at radius 2 is 1.91 bits per heavy atom. The molecule has 5 rings (SSSR count). The fraction of sp³-hybridized carbons (Fsp3) is 0.292. The molecule has 0 saturated carbocycles. The van der Waals surface area contributed by atoms with Gasteiger partial charge < -0.3 is 14.6 Å². The predicted molar refractivity (Wildman–Crippen MR) is 131 cm³/mol. The molecule has 1 aromatic carbocycles. The number of carbonyl (C=O) groups excluding carboxylic acids is 2. The molecular weight excluding hydrogens is 470 g/mol. The number of fused-ring (bicyclic) bond motifs is 1. The van der Waals surface area contributed by atoms with Crippen LogP contribution in [0.25, 0.3) is 11.0 Å². The van der Waals surface area contributed by atoms with Gasteiger partial charge in [-0.3, -0.25) is 14.6 Å². The van der Waals surface area contributed by atoms with E-state index in [0.29, 0.717) is 48.6 Å². The van der Waals surface area contributed by atoms with E-state index in [1.54, 1.807) is 36.3 Å². The van der Waals surface area contributed by atoms with Crippen molar-refractivity contribution >= 4 is 45.9 Å². The van der Waals surface area contributed by atoms with Crippen LogP contribution in [0.15, 0.2) is 57.5 Å². The lowest BCUT2D eigenvalue weighted by Crippen LogP contribution is -2.46. The zero-order valence-electron chi connectivity index (χ0n) is 18.6. The van der Waals surface area contributed by atoms with E-state index in [1.165, 1.54) is 11.3 Å². The van der Waals surface area contributed by atoms with Crippen molar-refractivity contribution < 1.29 is 14.0 Å². The van der Waals surface area contributed by atoms with Gasteiger partial charge in [0.25, 0.3) is 11.8 Å². The molecule has 1 fully saturated rings. The summed E-state index contributed by atoms with van der Waals surface area (Å²) in [6, 6.07) is 11.1. The van der Waals surface area contributed by atoms with Crippen molar-refractivity contribution in [2.45, 2.75) is 35.9 Å². The molecule has 0 unspecified atom stereocenters. The minimum absolute atomic E-state index is 0.00400. The summed E-state index contributed by atoms with van der Waals surface area (Å²) >= 11 is 3.08. The number of aromatic nitrogens is 3. The first kappa shape index (κ1) is 22.5. The Bertz CT molecular complexity index is 1310. The Morgan fingerprint density at radius 3 is 2.65 bits per heavy atom. The number of benzene rings is 1. The maximum Gasteiger partial charge on any atom is 0.287 e. The third-order valence-electron chi connectivity index (χ3n) is 5.80. The lowest BCUT2D eigenvalue weighted by Gasteiger charge is -2.32. The topological polar surface area (TPSA) is 101 Å². The summed E-state index contributed by atoms with van der Waals surface area (Å²) in [5, 5.41) is 13.2. The summed E-state index contributed by atoms with van der Waals surface area (Å²) in [5.41, 5.74) is 2.18. The SMILES string of the molecule is Cc1nnc(SCc2c(C(=O)NC3CCN(C(=O)c4ccncc4)CC3)oc3ccccc23)s1. The third kappa shape index (κ3) is 4.83. The maximum absolute atomic E-state index is 13.2. The van der Waals surface area contributed by atoms with Crippen LogP contribution in [0.1, 0.15) is 44.3 Å². The Kier molecular flexibility index (Phi) is 6.59. The van der Waals surface area contributed by atoms with Crippen molar-refractivity contribution in [2.24, 2.45) is 0 Å². The molecule has 0 aliphatic carbocycles. The lowest BCUT2D eigenvalue weighted by atomic mass is 10.0. The van der Waals surface area contributed by atoms with E-state index in [9.17, 15) is 9.59 Å². The van der Waals surface area contributed by atoms with E-state index in [-0.39, 0.29) is 17.9 Å². The van der Waals surface area contributed by atoms with Gasteiger partial charge in [-0.25, -0.2) is 0 Å². The molecule has 3 aromatic heterocycles. The second-order valence-electron chi connectivity index (χ2n) is 8.06. The molecule has 1 saturated heterocycles. The molecule has 10 heteroatoms. The first-order valence-electron chi connectivity index (χ1n) is 11.0. The van der Waals surface area contributed by atoms with E-state index < -0.39 is 0 Å². The number of aryl methyl sites for hydroxylation is 1. The highest BCUT2D eigenvalue weighted by atomic mass is 32.2. The molecule has 4 heterocycles. The van der Waals surface area contributed by atoms with Crippen molar-refractivity contribution in [3.63, 3.8) is 0 Å². The van der Waals surface area contributed by atoms with Crippen molar-refractivity contribution in [2.75, 3.05) is 13.1 Å². The highest BCUT2D eigenvalue weighted by Crippen LogP contribution is 2.33. The number of furan rings is 1. The van der Waals surface area contributed by atoms with Gasteiger partial charge in [-0.2, -0.15) is 0 Å². The minimum Gasteiger partial charge on any atom is -0.451 e. The average molecular weight is 494 g/mol. The molecule has 2 amide bonds. The Balaban J connectivity index is 1.26. The summed E-state index contributed by atoms with van der Waals surface area (Å²) in [7, 11) is 0. The molecular formula is C24H23N5O3S2. The average Bonchev–Trinajstić information content (AvgIpc) is 3.46. The van der Waals surface area contributed by atoms with Gasteiger partial charge in [-0.15, -0.1) is 10.2 Å². The molecule has 1 aliphatic rings. The molecule has 0 radical (unpaired) electrons. The van der Waals surface area contributed by atoms with Crippen LogP contribution in [0.2, 0.25) is 0 Å². The van der Waals surface area contributed by atoms with Gasteiger partial charge in [0.2, 0.25) is 0 Å². The predicted octanol–water partition coefficient (Wildman–Crippen LogP) is 4.31. The molecule has 174 valence electrons. The third-order valence-corrected chi connectivity index (χ3v) is 7.80. The molecule has 1 aliphatic heterocycles. The van der Waals surface area contributed by atoms with Crippen molar-refractivity contribution in [1.82, 2.24) is 25.4 Å². The number of carbonyl (C=O) groups is 2. The number of nitrogens with one attached hydrogen (secondary N) is 1. The molecule has 4 aromatic rings. The van der Waals surface area contributed by atoms with Crippen LogP contribution in [-0.2, 0) is 5.75 Å². The van der Waals surface area contributed by atoms with Gasteiger partial charge in [0.1, 0.15) is 10.6 Å². The Labute approximate surface area is 204 Å². The molecule has 0 atom stereocenters. The molecule has 34 heavy (non-hydrogen) atoms. The monoisotopic (exact) mass is 493 g/mol. The van der Waals surface area contributed by atoms with Gasteiger partial charge in [-0.05, 0) is 38.0 Å². The van der Waals surface area contributed by atoms with Crippen LogP contribution in [0.5, 0.6) is 0 Å². The van der Waals surface area contributed by atoms with Crippen molar-refractivity contribution in [3.8, 4) is 0 Å². The van der Waals surface area contributed by atoms with Crippen LogP contribution in [0.4, 0.5) is 0 Å². The van der Waals surface area contributed by atoms with Gasteiger partial charge in [0, 0.05) is 53.8 Å². The van der Waals surface area contributed by atoms with Gasteiger partial charge in [0.15, 0.2) is 10.1 Å². The van der Waals surface area contributed by atoms with E-state index in [1.807, 2.05) is 36.1 Å². The second kappa shape index (κ2) is 9.94. The summed E-state index contributed by atoms with van der Waals surface area (Å²) in [4.78, 5) is 31.7. The van der Waals surface area contributed by atoms with E-state index in [0.717, 1.165) is 20.3 Å². The maximum atomic E-state index is 13.2. The van der Waals surface area contributed by atoms with Gasteiger partial charge in [0.05, 0.1) is 0 Å². The second-order valence-corrected chi connectivity index (χ2v) is 10.5. The highest BCUT2D eigenvalue weighted by Gasteiger charge is 2.27. The smallest absolute Gasteiger partial charge is 0.287 e. The van der Waals surface area contributed by atoms with E-state index in [4.69, 9.17) is 4.42 Å². The summed E-state index contributed by atoms with van der Waals surface area (Å²) in [6.45, 7) is 3.10. The number of pyridine rings is 1. The van der Waals surface area contributed by atoms with Crippen LogP contribution >= 0.6 is 23.1 Å². The van der Waals surface area contributed by atoms with E-state index >= 15 is 0 Å². The molecule has 0 spiro atoms. The number of piperidine rings is 1. The number of hydrogen-bond acceptors (Lipinski definition) is 8. The number of para-hydroxylation sites is 1. The fourth-order valence-electron chi connectivity index (χ4n) is 4.05. The fourth-order valence-corrected chi connectivity index (χ4v) is 5.89. The normalized spacial score (nSPS) is 14.4. The number of nitrogens with zero attached hydrogens (tertiary/aromatic N) is 4. The number of hydrogen-bond donors (Lipinski definition) is 1. The first-order valence-corrected chi connectivity index (χ1v) is 12.8. The van der Waals surface area contributed by atoms with Gasteiger partial charge in [-0.1, -0.05) is 41.3 Å².